The van der Waals surface area contributed by atoms with Gasteiger partial charge in [-0.05, 0) is 44.1 Å². The average molecular weight is 403 g/mol. The molecule has 0 saturated carbocycles. The minimum atomic E-state index is -0.157. The molecule has 0 radical (unpaired) electrons. The Bertz CT molecular complexity index is 818. The number of likely N-dealkylation sites (tertiary alicyclic amines) is 1. The molecule has 2 aliphatic rings. The summed E-state index contributed by atoms with van der Waals surface area (Å²) in [5.41, 5.74) is 1.62. The summed E-state index contributed by atoms with van der Waals surface area (Å²) in [6.07, 6.45) is 7.53. The van der Waals surface area contributed by atoms with Crippen LogP contribution in [-0.4, -0.2) is 64.4 Å². The van der Waals surface area contributed by atoms with Crippen LogP contribution in [0, 0.1) is 0 Å². The Morgan fingerprint density at radius 3 is 2.79 bits per heavy atom. The number of halogens is 1. The molecule has 3 heterocycles. The molecule has 2 unspecified atom stereocenters. The molecule has 28 heavy (non-hydrogen) atoms. The molecule has 2 aliphatic heterocycles. The Balaban J connectivity index is 1.62. The van der Waals surface area contributed by atoms with Crippen LogP contribution < -0.4 is 0 Å². The average Bonchev–Trinajstić information content (AvgIpc) is 3.14. The third-order valence-corrected chi connectivity index (χ3v) is 5.87. The fraction of sp³-hybridized carbons (Fsp3) is 0.524. The number of carbonyl (C=O) groups excluding carboxylic acids is 1. The molecule has 1 amide bonds. The van der Waals surface area contributed by atoms with E-state index in [1.54, 1.807) is 16.8 Å². The highest BCUT2D eigenvalue weighted by Crippen LogP contribution is 2.32. The molecule has 1 aromatic heterocycles. The summed E-state index contributed by atoms with van der Waals surface area (Å²) in [7, 11) is 1.90. The van der Waals surface area contributed by atoms with Gasteiger partial charge in [0.15, 0.2) is 0 Å². The number of morpholine rings is 1. The first-order chi connectivity index (χ1) is 13.6. The predicted octanol–water partition coefficient (Wildman–Crippen LogP) is 3.14. The van der Waals surface area contributed by atoms with Gasteiger partial charge in [0.25, 0.3) is 5.91 Å². The smallest absolute Gasteiger partial charge is 0.254 e. The van der Waals surface area contributed by atoms with E-state index in [9.17, 15) is 4.79 Å². The maximum Gasteiger partial charge on any atom is 0.254 e. The van der Waals surface area contributed by atoms with Crippen molar-refractivity contribution in [2.45, 2.75) is 31.4 Å². The third-order valence-electron chi connectivity index (χ3n) is 5.64. The van der Waals surface area contributed by atoms with E-state index < -0.39 is 0 Å². The SMILES string of the molecule is Cn1cc(C2C(CN3CCCCC3)OCCN2C(=O)c2cccc(Cl)c2)cn1. The van der Waals surface area contributed by atoms with Gasteiger partial charge in [0, 0.05) is 42.5 Å². The second-order valence-corrected chi connectivity index (χ2v) is 8.11. The Kier molecular flexibility index (Phi) is 5.99. The highest BCUT2D eigenvalue weighted by atomic mass is 35.5. The van der Waals surface area contributed by atoms with Crippen molar-refractivity contribution >= 4 is 17.5 Å². The largest absolute Gasteiger partial charge is 0.373 e. The Labute approximate surface area is 171 Å². The number of hydrogen-bond donors (Lipinski definition) is 0. The van der Waals surface area contributed by atoms with Crippen LogP contribution in [0.3, 0.4) is 0 Å². The molecule has 1 aromatic carbocycles. The lowest BCUT2D eigenvalue weighted by Gasteiger charge is -2.43. The van der Waals surface area contributed by atoms with Gasteiger partial charge < -0.3 is 14.5 Å². The zero-order valence-corrected chi connectivity index (χ0v) is 17.0. The van der Waals surface area contributed by atoms with Crippen LogP contribution in [0.4, 0.5) is 0 Å². The highest BCUT2D eigenvalue weighted by molar-refractivity contribution is 6.30. The van der Waals surface area contributed by atoms with Crippen molar-refractivity contribution in [1.29, 1.82) is 0 Å². The zero-order chi connectivity index (χ0) is 19.5. The van der Waals surface area contributed by atoms with Gasteiger partial charge in [-0.2, -0.15) is 5.10 Å². The molecule has 0 spiro atoms. The summed E-state index contributed by atoms with van der Waals surface area (Å²) in [4.78, 5) is 17.7. The molecule has 7 heteroatoms. The van der Waals surface area contributed by atoms with Crippen LogP contribution in [0.1, 0.15) is 41.2 Å². The number of benzene rings is 1. The second kappa shape index (κ2) is 8.64. The molecule has 2 fully saturated rings. The molecular formula is C21H27ClN4O2. The zero-order valence-electron chi connectivity index (χ0n) is 16.3. The van der Waals surface area contributed by atoms with Gasteiger partial charge in [0.2, 0.25) is 0 Å². The van der Waals surface area contributed by atoms with Crippen LogP contribution in [0.15, 0.2) is 36.7 Å². The molecule has 0 aliphatic carbocycles. The highest BCUT2D eigenvalue weighted by Gasteiger charge is 2.38. The second-order valence-electron chi connectivity index (χ2n) is 7.67. The number of aromatic nitrogens is 2. The number of nitrogens with zero attached hydrogens (tertiary/aromatic N) is 4. The van der Waals surface area contributed by atoms with E-state index in [-0.39, 0.29) is 18.1 Å². The molecule has 0 N–H and O–H groups in total. The van der Waals surface area contributed by atoms with Gasteiger partial charge in [0.1, 0.15) is 0 Å². The minimum absolute atomic E-state index is 0.0108. The molecule has 0 bridgehead atoms. The number of rotatable bonds is 4. The van der Waals surface area contributed by atoms with Crippen LogP contribution in [0.2, 0.25) is 5.02 Å². The van der Waals surface area contributed by atoms with Gasteiger partial charge in [-0.25, -0.2) is 0 Å². The lowest BCUT2D eigenvalue weighted by molar-refractivity contribution is -0.0741. The summed E-state index contributed by atoms with van der Waals surface area (Å²) >= 11 is 6.13. The number of aryl methyl sites for hydroxylation is 1. The van der Waals surface area contributed by atoms with Crippen LogP contribution in [0.5, 0.6) is 0 Å². The quantitative estimate of drug-likeness (QED) is 0.788. The summed E-state index contributed by atoms with van der Waals surface area (Å²) in [6, 6.07) is 7.01. The lowest BCUT2D eigenvalue weighted by Crippen LogP contribution is -2.52. The molecular weight excluding hydrogens is 376 g/mol. The number of hydrogen-bond acceptors (Lipinski definition) is 4. The summed E-state index contributed by atoms with van der Waals surface area (Å²) in [5, 5.41) is 4.91. The fourth-order valence-corrected chi connectivity index (χ4v) is 4.48. The molecule has 6 nitrogen and oxygen atoms in total. The van der Waals surface area contributed by atoms with Crippen LogP contribution in [0.25, 0.3) is 0 Å². The van der Waals surface area contributed by atoms with Crippen LogP contribution in [-0.2, 0) is 11.8 Å². The maximum atomic E-state index is 13.4. The predicted molar refractivity (Wildman–Crippen MR) is 108 cm³/mol. The van der Waals surface area contributed by atoms with Crippen molar-refractivity contribution in [2.24, 2.45) is 7.05 Å². The van der Waals surface area contributed by atoms with Gasteiger partial charge in [-0.3, -0.25) is 9.48 Å². The van der Waals surface area contributed by atoms with Gasteiger partial charge in [-0.1, -0.05) is 24.1 Å². The van der Waals surface area contributed by atoms with E-state index in [0.717, 1.165) is 25.2 Å². The normalized spacial score (nSPS) is 23.7. The van der Waals surface area contributed by atoms with Crippen LogP contribution >= 0.6 is 11.6 Å². The van der Waals surface area contributed by atoms with Crippen molar-refractivity contribution in [2.75, 3.05) is 32.8 Å². The van der Waals surface area contributed by atoms with Gasteiger partial charge in [0.05, 0.1) is 24.9 Å². The summed E-state index contributed by atoms with van der Waals surface area (Å²) in [6.45, 7) is 4.13. The van der Waals surface area contributed by atoms with Gasteiger partial charge in [-0.15, -0.1) is 0 Å². The van der Waals surface area contributed by atoms with E-state index in [1.807, 2.05) is 36.5 Å². The number of carbonyl (C=O) groups is 1. The Hall–Kier alpha value is -1.89. The summed E-state index contributed by atoms with van der Waals surface area (Å²) in [5.74, 6) is -0.0108. The number of amides is 1. The van der Waals surface area contributed by atoms with Crippen molar-refractivity contribution in [3.05, 3.63) is 52.8 Å². The molecule has 2 atom stereocenters. The topological polar surface area (TPSA) is 50.6 Å². The Morgan fingerprint density at radius 2 is 2.07 bits per heavy atom. The first-order valence-electron chi connectivity index (χ1n) is 10.0. The molecule has 2 saturated heterocycles. The standard InChI is InChI=1S/C21H27ClN4O2/c1-24-14-17(13-23-24)20-19(15-25-8-3-2-4-9-25)28-11-10-26(20)21(27)16-6-5-7-18(22)12-16/h5-7,12-14,19-20H,2-4,8-11,15H2,1H3. The van der Waals surface area contributed by atoms with E-state index >= 15 is 0 Å². The fourth-order valence-electron chi connectivity index (χ4n) is 4.29. The minimum Gasteiger partial charge on any atom is -0.373 e. The van der Waals surface area contributed by atoms with E-state index in [1.165, 1.54) is 19.3 Å². The molecule has 2 aromatic rings. The Morgan fingerprint density at radius 1 is 1.25 bits per heavy atom. The molecule has 150 valence electrons. The monoisotopic (exact) mass is 402 g/mol. The van der Waals surface area contributed by atoms with Crippen molar-refractivity contribution in [1.82, 2.24) is 19.6 Å². The van der Waals surface area contributed by atoms with Crippen molar-refractivity contribution in [3.63, 3.8) is 0 Å². The maximum absolute atomic E-state index is 13.4. The van der Waals surface area contributed by atoms with Gasteiger partial charge >= 0.3 is 0 Å². The van der Waals surface area contributed by atoms with Crippen molar-refractivity contribution < 1.29 is 9.53 Å². The first-order valence-corrected chi connectivity index (χ1v) is 10.4. The number of piperidine rings is 1. The van der Waals surface area contributed by atoms with E-state index in [4.69, 9.17) is 16.3 Å². The molecule has 4 rings (SSSR count). The third kappa shape index (κ3) is 4.24. The van der Waals surface area contributed by atoms with E-state index in [2.05, 4.69) is 10.00 Å². The summed E-state index contributed by atoms with van der Waals surface area (Å²) < 4.78 is 7.98. The van der Waals surface area contributed by atoms with Crippen molar-refractivity contribution in [3.8, 4) is 0 Å². The first kappa shape index (κ1) is 19.4. The van der Waals surface area contributed by atoms with E-state index in [0.29, 0.717) is 23.7 Å². The number of ether oxygens (including phenoxy) is 1. The lowest BCUT2D eigenvalue weighted by atomic mass is 9.98.